The van der Waals surface area contributed by atoms with Gasteiger partial charge in [0, 0.05) is 5.56 Å². The Hall–Kier alpha value is -1.97. The maximum Gasteiger partial charge on any atom is 0.385 e. The molecule has 0 atom stereocenters. The van der Waals surface area contributed by atoms with Gasteiger partial charge < -0.3 is 0 Å². The van der Waals surface area contributed by atoms with Gasteiger partial charge in [0.2, 0.25) is 0 Å². The van der Waals surface area contributed by atoms with Crippen LogP contribution in [0.25, 0.3) is 0 Å². The van der Waals surface area contributed by atoms with E-state index in [-0.39, 0.29) is 17.7 Å². The molecule has 0 aromatic heterocycles. The number of hydrogen-bond acceptors (Lipinski definition) is 0. The van der Waals surface area contributed by atoms with E-state index in [0.717, 1.165) is 6.92 Å². The Morgan fingerprint density at radius 1 is 0.485 bits per heavy atom. The van der Waals surface area contributed by atoms with Gasteiger partial charge in [0.25, 0.3) is 0 Å². The zero-order valence-corrected chi connectivity index (χ0v) is 15.4. The maximum atomic E-state index is 13.9. The Morgan fingerprint density at radius 2 is 0.788 bits per heavy atom. The first-order valence-corrected chi connectivity index (χ1v) is 7.97. The number of aryl methyl sites for hydroxylation is 1. The van der Waals surface area contributed by atoms with E-state index in [9.17, 15) is 74.6 Å². The first kappa shape index (κ1) is 29.1. The summed E-state index contributed by atoms with van der Waals surface area (Å²) in [7, 11) is 0. The summed E-state index contributed by atoms with van der Waals surface area (Å²) in [5.74, 6) is -62.6. The van der Waals surface area contributed by atoms with Crippen molar-refractivity contribution in [3.05, 3.63) is 35.4 Å². The van der Waals surface area contributed by atoms with Crippen LogP contribution in [0.1, 0.15) is 11.1 Å². The molecule has 0 aliphatic carbocycles. The Labute approximate surface area is 172 Å². The zero-order chi connectivity index (χ0) is 26.7. The van der Waals surface area contributed by atoms with Gasteiger partial charge in [-0.05, 0) is 6.92 Å². The van der Waals surface area contributed by atoms with E-state index in [4.69, 9.17) is 0 Å². The largest absolute Gasteiger partial charge is 0.385 e. The van der Waals surface area contributed by atoms with Crippen molar-refractivity contribution >= 4 is 0 Å². The van der Waals surface area contributed by atoms with E-state index in [1.807, 2.05) is 0 Å². The fourth-order valence-electron chi connectivity index (χ4n) is 2.24. The summed E-state index contributed by atoms with van der Waals surface area (Å²) in [6.07, 6.45) is 0. The third-order valence-electron chi connectivity index (χ3n) is 4.41. The van der Waals surface area contributed by atoms with Crippen LogP contribution in [0.4, 0.5) is 74.6 Å². The van der Waals surface area contributed by atoms with Crippen molar-refractivity contribution in [3.63, 3.8) is 0 Å². The van der Waals surface area contributed by atoms with Gasteiger partial charge >= 0.3 is 47.4 Å². The molecule has 0 aliphatic rings. The molecule has 0 amide bonds. The van der Waals surface area contributed by atoms with Gasteiger partial charge in [-0.3, -0.25) is 0 Å². The van der Waals surface area contributed by atoms with Crippen molar-refractivity contribution in [1.82, 2.24) is 0 Å². The number of rotatable bonds is 9. The highest BCUT2D eigenvalue weighted by Gasteiger charge is 2.94. The van der Waals surface area contributed by atoms with E-state index < -0.39 is 59.6 Å². The second-order valence-electron chi connectivity index (χ2n) is 6.72. The number of benzene rings is 1. The molecule has 1 aromatic rings. The molecule has 0 unspecified atom stereocenters. The molecule has 0 radical (unpaired) electrons. The molecule has 1 aromatic carbocycles. The van der Waals surface area contributed by atoms with Crippen LogP contribution < -0.4 is 0 Å². The number of alkyl halides is 17. The van der Waals surface area contributed by atoms with Gasteiger partial charge in [0.15, 0.2) is 6.67 Å². The van der Waals surface area contributed by atoms with E-state index >= 15 is 0 Å². The molecule has 0 saturated carbocycles. The summed E-state index contributed by atoms with van der Waals surface area (Å²) in [4.78, 5) is 0. The van der Waals surface area contributed by atoms with Gasteiger partial charge in [-0.25, -0.2) is 4.39 Å². The van der Waals surface area contributed by atoms with Gasteiger partial charge in [-0.15, -0.1) is 0 Å². The van der Waals surface area contributed by atoms with Gasteiger partial charge in [0.05, 0.1) is 0 Å². The van der Waals surface area contributed by atoms with Crippen molar-refractivity contribution in [2.75, 3.05) is 6.67 Å². The van der Waals surface area contributed by atoms with Gasteiger partial charge in [0.1, 0.15) is 0 Å². The second kappa shape index (κ2) is 7.78. The normalized spacial score (nSPS) is 15.7. The minimum absolute atomic E-state index is 0.0113. The first-order valence-electron chi connectivity index (χ1n) is 7.97. The van der Waals surface area contributed by atoms with Crippen LogP contribution in [0.2, 0.25) is 0 Å². The highest BCUT2D eigenvalue weighted by molar-refractivity contribution is 5.29. The van der Waals surface area contributed by atoms with E-state index in [2.05, 4.69) is 0 Å². The molecule has 0 nitrogen and oxygen atoms in total. The molecule has 0 bridgehead atoms. The smallest absolute Gasteiger partial charge is 0.244 e. The summed E-state index contributed by atoms with van der Waals surface area (Å²) in [6.45, 7) is -2.77. The molecular formula is C16H9F17. The molecule has 0 N–H and O–H groups in total. The molecule has 0 aliphatic heterocycles. The first-order chi connectivity index (χ1) is 14.3. The highest BCUT2D eigenvalue weighted by atomic mass is 19.4. The van der Waals surface area contributed by atoms with Crippen molar-refractivity contribution in [2.45, 2.75) is 54.3 Å². The van der Waals surface area contributed by atoms with Crippen LogP contribution in [0.15, 0.2) is 24.3 Å². The monoisotopic (exact) mass is 524 g/mol. The van der Waals surface area contributed by atoms with Crippen LogP contribution >= 0.6 is 0 Å². The summed E-state index contributed by atoms with van der Waals surface area (Å²) in [6, 6.07) is 0.969. The fraction of sp³-hybridized carbons (Fsp3) is 0.625. The van der Waals surface area contributed by atoms with Gasteiger partial charge in [-0.2, -0.15) is 70.2 Å². The van der Waals surface area contributed by atoms with E-state index in [1.165, 1.54) is 0 Å². The summed E-state index contributed by atoms with van der Waals surface area (Å²) in [5, 5.41) is 0. The molecule has 0 fully saturated rings. The van der Waals surface area contributed by atoms with Crippen LogP contribution in [0, 0.1) is 6.92 Å². The molecule has 0 spiro atoms. The average Bonchev–Trinajstić information content (AvgIpc) is 2.67. The number of halogens is 17. The Morgan fingerprint density at radius 3 is 1.12 bits per heavy atom. The standard InChI is InChI=1S/C16H9F17/c1-7-2-4-8(5-3-7)10(20,21)12(24,25)14(28,29)16(32,33)15(30,31)13(26,27)11(22,23)9(18,19)6-17/h2-5H,6H2,1H3. The minimum atomic E-state index is -8.54. The topological polar surface area (TPSA) is 0 Å². The van der Waals surface area contributed by atoms with Crippen LogP contribution in [-0.4, -0.2) is 48.1 Å². The van der Waals surface area contributed by atoms with Crippen molar-refractivity contribution < 1.29 is 74.6 Å². The molecule has 0 saturated heterocycles. The van der Waals surface area contributed by atoms with Crippen molar-refractivity contribution in [1.29, 1.82) is 0 Å². The predicted molar refractivity (Wildman–Crippen MR) is 75.7 cm³/mol. The lowest BCUT2D eigenvalue weighted by molar-refractivity contribution is -0.454. The molecule has 17 heteroatoms. The van der Waals surface area contributed by atoms with Crippen LogP contribution in [-0.2, 0) is 5.92 Å². The van der Waals surface area contributed by atoms with Crippen molar-refractivity contribution in [2.24, 2.45) is 0 Å². The molecule has 33 heavy (non-hydrogen) atoms. The Bertz CT molecular complexity index is 837. The fourth-order valence-corrected chi connectivity index (χ4v) is 2.24. The summed E-state index contributed by atoms with van der Waals surface area (Å²) in [5.41, 5.74) is -2.20. The predicted octanol–water partition coefficient (Wildman–Crippen LogP) is 7.50. The summed E-state index contributed by atoms with van der Waals surface area (Å²) >= 11 is 0. The van der Waals surface area contributed by atoms with Crippen LogP contribution in [0.3, 0.4) is 0 Å². The highest BCUT2D eigenvalue weighted by Crippen LogP contribution is 2.64. The average molecular weight is 524 g/mol. The van der Waals surface area contributed by atoms with Gasteiger partial charge in [-0.1, -0.05) is 29.8 Å². The molecular weight excluding hydrogens is 515 g/mol. The maximum absolute atomic E-state index is 13.9. The van der Waals surface area contributed by atoms with Crippen molar-refractivity contribution in [3.8, 4) is 0 Å². The molecule has 192 valence electrons. The minimum Gasteiger partial charge on any atom is -0.244 e. The lowest BCUT2D eigenvalue weighted by Crippen LogP contribution is -2.74. The lowest BCUT2D eigenvalue weighted by Gasteiger charge is -2.43. The quantitative estimate of drug-likeness (QED) is 0.294. The Balaban J connectivity index is 3.71. The molecule has 1 rings (SSSR count). The third-order valence-corrected chi connectivity index (χ3v) is 4.41. The van der Waals surface area contributed by atoms with E-state index in [0.29, 0.717) is 12.1 Å². The Kier molecular flexibility index (Phi) is 6.85. The molecule has 0 heterocycles. The zero-order valence-electron chi connectivity index (χ0n) is 15.4. The lowest BCUT2D eigenvalue weighted by atomic mass is 9.86. The third kappa shape index (κ3) is 3.68. The second-order valence-corrected chi connectivity index (χ2v) is 6.72. The van der Waals surface area contributed by atoms with Crippen LogP contribution in [0.5, 0.6) is 0 Å². The van der Waals surface area contributed by atoms with E-state index in [1.54, 1.807) is 0 Å². The SMILES string of the molecule is Cc1ccc(C(F)(F)C(F)(F)C(F)(F)C(F)(F)C(F)(F)C(F)(F)C(F)(F)C(F)(F)CF)cc1. The summed E-state index contributed by atoms with van der Waals surface area (Å²) < 4.78 is 227. The number of hydrogen-bond donors (Lipinski definition) is 0.